The summed E-state index contributed by atoms with van der Waals surface area (Å²) in [6.45, 7) is 4.29. The highest BCUT2D eigenvalue weighted by Gasteiger charge is 1.94. The van der Waals surface area contributed by atoms with Crippen molar-refractivity contribution < 1.29 is 4.74 Å². The fourth-order valence-corrected chi connectivity index (χ4v) is 0.880. The topological polar surface area (TPSA) is 35.2 Å². The Bertz CT molecular complexity index is 286. The first-order chi connectivity index (χ1) is 6.20. The first-order valence-electron chi connectivity index (χ1n) is 4.30. The second-order valence-corrected chi connectivity index (χ2v) is 3.01. The summed E-state index contributed by atoms with van der Waals surface area (Å²) in [4.78, 5) is 0. The Morgan fingerprint density at radius 2 is 1.85 bits per heavy atom. The van der Waals surface area contributed by atoms with E-state index in [9.17, 15) is 0 Å². The fraction of sp³-hybridized carbons (Fsp3) is 0.273. The summed E-state index contributed by atoms with van der Waals surface area (Å²) < 4.78 is 5.44. The van der Waals surface area contributed by atoms with Crippen LogP contribution in [0.3, 0.4) is 0 Å². The van der Waals surface area contributed by atoms with E-state index in [0.717, 1.165) is 17.0 Å². The minimum Gasteiger partial charge on any atom is -0.492 e. The third-order valence-corrected chi connectivity index (χ3v) is 1.85. The van der Waals surface area contributed by atoms with Crippen LogP contribution in [0.1, 0.15) is 19.4 Å². The summed E-state index contributed by atoms with van der Waals surface area (Å²) in [5.74, 6) is 0.795. The molecule has 0 bridgehead atoms. The largest absolute Gasteiger partial charge is 0.492 e. The molecule has 70 valence electrons. The van der Waals surface area contributed by atoms with Crippen LogP contribution in [0, 0.1) is 0 Å². The van der Waals surface area contributed by atoms with Crippen molar-refractivity contribution in [2.24, 2.45) is 5.73 Å². The van der Waals surface area contributed by atoms with Crippen molar-refractivity contribution in [3.8, 4) is 0 Å². The average Bonchev–Trinajstić information content (AvgIpc) is 2.15. The monoisotopic (exact) mass is 177 g/mol. The van der Waals surface area contributed by atoms with Crippen LogP contribution < -0.4 is 5.73 Å². The van der Waals surface area contributed by atoms with Crippen LogP contribution in [0.5, 0.6) is 0 Å². The molecule has 2 nitrogen and oxygen atoms in total. The van der Waals surface area contributed by atoms with Gasteiger partial charge >= 0.3 is 0 Å². The maximum absolute atomic E-state index is 5.55. The van der Waals surface area contributed by atoms with Gasteiger partial charge in [0.25, 0.3) is 0 Å². The van der Waals surface area contributed by atoms with Crippen molar-refractivity contribution in [2.45, 2.75) is 20.5 Å². The normalized spacial score (nSPS) is 12.2. The SMILES string of the molecule is C/C(N)=C(\C)OCc1ccccc1. The van der Waals surface area contributed by atoms with Crippen molar-refractivity contribution in [2.75, 3.05) is 0 Å². The summed E-state index contributed by atoms with van der Waals surface area (Å²) in [5, 5.41) is 0. The molecule has 0 aliphatic carbocycles. The molecular formula is C11H15NO. The van der Waals surface area contributed by atoms with Crippen molar-refractivity contribution in [1.82, 2.24) is 0 Å². The Balaban J connectivity index is 2.49. The minimum absolute atomic E-state index is 0.585. The maximum atomic E-state index is 5.55. The highest BCUT2D eigenvalue weighted by Crippen LogP contribution is 2.06. The van der Waals surface area contributed by atoms with Gasteiger partial charge in [0, 0.05) is 5.70 Å². The number of rotatable bonds is 3. The van der Waals surface area contributed by atoms with Gasteiger partial charge in [-0.2, -0.15) is 0 Å². The third-order valence-electron chi connectivity index (χ3n) is 1.85. The molecule has 0 amide bonds. The van der Waals surface area contributed by atoms with E-state index in [1.54, 1.807) is 0 Å². The molecule has 1 aromatic rings. The van der Waals surface area contributed by atoms with Crippen molar-refractivity contribution in [3.63, 3.8) is 0 Å². The molecular weight excluding hydrogens is 162 g/mol. The Hall–Kier alpha value is -1.44. The Kier molecular flexibility index (Phi) is 3.38. The van der Waals surface area contributed by atoms with Gasteiger partial charge in [-0.25, -0.2) is 0 Å². The van der Waals surface area contributed by atoms with Crippen molar-refractivity contribution in [3.05, 3.63) is 47.4 Å². The zero-order valence-corrected chi connectivity index (χ0v) is 8.08. The van der Waals surface area contributed by atoms with Gasteiger partial charge in [0.15, 0.2) is 0 Å². The van der Waals surface area contributed by atoms with Gasteiger partial charge in [-0.3, -0.25) is 0 Å². The molecule has 0 aliphatic rings. The van der Waals surface area contributed by atoms with Gasteiger partial charge in [-0.1, -0.05) is 30.3 Å². The zero-order valence-electron chi connectivity index (χ0n) is 8.08. The van der Waals surface area contributed by atoms with E-state index in [0.29, 0.717) is 6.61 Å². The van der Waals surface area contributed by atoms with Crippen LogP contribution in [-0.4, -0.2) is 0 Å². The lowest BCUT2D eigenvalue weighted by Gasteiger charge is -2.07. The third kappa shape index (κ3) is 3.20. The Morgan fingerprint density at radius 1 is 1.23 bits per heavy atom. The fourth-order valence-electron chi connectivity index (χ4n) is 0.880. The molecule has 13 heavy (non-hydrogen) atoms. The molecule has 0 fully saturated rings. The maximum Gasteiger partial charge on any atom is 0.113 e. The van der Waals surface area contributed by atoms with Crippen LogP contribution in [0.25, 0.3) is 0 Å². The second-order valence-electron chi connectivity index (χ2n) is 3.01. The number of hydrogen-bond donors (Lipinski definition) is 1. The Morgan fingerprint density at radius 3 is 2.38 bits per heavy atom. The lowest BCUT2D eigenvalue weighted by molar-refractivity contribution is 0.197. The Labute approximate surface area is 79.0 Å². The smallest absolute Gasteiger partial charge is 0.113 e. The second kappa shape index (κ2) is 4.55. The predicted octanol–water partition coefficient (Wildman–Crippen LogP) is 2.41. The first-order valence-corrected chi connectivity index (χ1v) is 4.30. The summed E-state index contributed by atoms with van der Waals surface area (Å²) >= 11 is 0. The summed E-state index contributed by atoms with van der Waals surface area (Å²) in [6.07, 6.45) is 0. The number of allylic oxidation sites excluding steroid dienone is 2. The molecule has 0 unspecified atom stereocenters. The predicted molar refractivity (Wildman–Crippen MR) is 53.8 cm³/mol. The molecule has 0 aromatic heterocycles. The van der Waals surface area contributed by atoms with Crippen LogP contribution in [-0.2, 0) is 11.3 Å². The molecule has 0 saturated carbocycles. The van der Waals surface area contributed by atoms with Gasteiger partial charge in [-0.05, 0) is 19.4 Å². The minimum atomic E-state index is 0.585. The van der Waals surface area contributed by atoms with Crippen molar-refractivity contribution >= 4 is 0 Å². The van der Waals surface area contributed by atoms with Crippen LogP contribution in [0.2, 0.25) is 0 Å². The molecule has 1 aromatic carbocycles. The molecule has 1 rings (SSSR count). The molecule has 0 atom stereocenters. The van der Waals surface area contributed by atoms with E-state index < -0.39 is 0 Å². The van der Waals surface area contributed by atoms with E-state index in [2.05, 4.69) is 0 Å². The lowest BCUT2D eigenvalue weighted by Crippen LogP contribution is -1.99. The molecule has 0 aliphatic heterocycles. The summed E-state index contributed by atoms with van der Waals surface area (Å²) in [6, 6.07) is 10.0. The van der Waals surface area contributed by atoms with E-state index in [1.165, 1.54) is 0 Å². The quantitative estimate of drug-likeness (QED) is 0.719. The van der Waals surface area contributed by atoms with E-state index >= 15 is 0 Å². The van der Waals surface area contributed by atoms with E-state index in [4.69, 9.17) is 10.5 Å². The number of ether oxygens (including phenoxy) is 1. The first kappa shape index (κ1) is 9.65. The van der Waals surface area contributed by atoms with Gasteiger partial charge in [0.05, 0.1) is 0 Å². The lowest BCUT2D eigenvalue weighted by atomic mass is 10.2. The van der Waals surface area contributed by atoms with E-state index in [1.807, 2.05) is 44.2 Å². The van der Waals surface area contributed by atoms with Crippen LogP contribution >= 0.6 is 0 Å². The van der Waals surface area contributed by atoms with Crippen molar-refractivity contribution in [1.29, 1.82) is 0 Å². The van der Waals surface area contributed by atoms with E-state index in [-0.39, 0.29) is 0 Å². The van der Waals surface area contributed by atoms with Crippen LogP contribution in [0.4, 0.5) is 0 Å². The highest BCUT2D eigenvalue weighted by atomic mass is 16.5. The standard InChI is InChI=1S/C11H15NO/c1-9(12)10(2)13-8-11-6-4-3-5-7-11/h3-7H,8,12H2,1-2H3/b10-9-. The van der Waals surface area contributed by atoms with Gasteiger partial charge in [0.2, 0.25) is 0 Å². The summed E-state index contributed by atoms with van der Waals surface area (Å²) in [7, 11) is 0. The highest BCUT2D eigenvalue weighted by molar-refractivity contribution is 5.14. The number of benzene rings is 1. The molecule has 0 saturated heterocycles. The van der Waals surface area contributed by atoms with Gasteiger partial charge in [0.1, 0.15) is 12.4 Å². The number of nitrogens with two attached hydrogens (primary N) is 1. The van der Waals surface area contributed by atoms with Gasteiger partial charge in [-0.15, -0.1) is 0 Å². The number of hydrogen-bond acceptors (Lipinski definition) is 2. The summed E-state index contributed by atoms with van der Waals surface area (Å²) in [5.41, 5.74) is 7.44. The molecule has 0 heterocycles. The molecule has 0 spiro atoms. The average molecular weight is 177 g/mol. The van der Waals surface area contributed by atoms with Crippen LogP contribution in [0.15, 0.2) is 41.8 Å². The molecule has 2 N–H and O–H groups in total. The van der Waals surface area contributed by atoms with Gasteiger partial charge < -0.3 is 10.5 Å². The molecule has 2 heteroatoms. The zero-order chi connectivity index (χ0) is 9.68. The molecule has 0 radical (unpaired) electrons.